The van der Waals surface area contributed by atoms with Crippen LogP contribution in [0.15, 0.2) is 0 Å². The number of aliphatic hydroxyl groups excluding tert-OH is 1. The van der Waals surface area contributed by atoms with E-state index in [-0.39, 0.29) is 12.0 Å². The molecule has 0 amide bonds. The predicted octanol–water partition coefficient (Wildman–Crippen LogP) is 0.169. The van der Waals surface area contributed by atoms with Gasteiger partial charge in [-0.15, -0.1) is 0 Å². The van der Waals surface area contributed by atoms with Crippen LogP contribution in [0.3, 0.4) is 0 Å². The third-order valence-corrected chi connectivity index (χ3v) is 5.08. The molecule has 0 bridgehead atoms. The zero-order valence-electron chi connectivity index (χ0n) is 8.70. The quantitative estimate of drug-likeness (QED) is 0.692. The molecule has 2 rings (SSSR count). The third kappa shape index (κ3) is 1.48. The highest BCUT2D eigenvalue weighted by atomic mass is 32.2. The summed E-state index contributed by atoms with van der Waals surface area (Å²) < 4.78 is 0. The number of hydrogen-bond acceptors (Lipinski definition) is 4. The van der Waals surface area contributed by atoms with Crippen molar-refractivity contribution >= 4 is 11.8 Å². The van der Waals surface area contributed by atoms with E-state index in [4.69, 9.17) is 0 Å². The van der Waals surface area contributed by atoms with Crippen molar-refractivity contribution in [2.75, 3.05) is 38.2 Å². The van der Waals surface area contributed by atoms with Gasteiger partial charge in [-0.25, -0.2) is 0 Å². The fourth-order valence-electron chi connectivity index (χ4n) is 2.66. The van der Waals surface area contributed by atoms with Gasteiger partial charge in [0.15, 0.2) is 0 Å². The van der Waals surface area contributed by atoms with Crippen LogP contribution in [0.5, 0.6) is 0 Å². The van der Waals surface area contributed by atoms with Crippen LogP contribution in [0.25, 0.3) is 0 Å². The maximum atomic E-state index is 10.6. The number of nitrogens with zero attached hydrogens (tertiary/aromatic N) is 1. The molecule has 0 aromatic carbocycles. The summed E-state index contributed by atoms with van der Waals surface area (Å²) in [6.45, 7) is 1.79. The lowest BCUT2D eigenvalue weighted by Crippen LogP contribution is -2.52. The summed E-state index contributed by atoms with van der Waals surface area (Å²) in [6, 6.07) is 0. The first-order valence-electron chi connectivity index (χ1n) is 5.21. The Morgan fingerprint density at radius 1 is 1.43 bits per heavy atom. The Balaban J connectivity index is 2.18. The van der Waals surface area contributed by atoms with Gasteiger partial charge in [0.25, 0.3) is 0 Å². The van der Waals surface area contributed by atoms with E-state index in [0.29, 0.717) is 6.54 Å². The fraction of sp³-hybridized carbons (Fsp3) is 1.00. The number of β-amino-alcohol motifs (C(OH)–C–C–N with tert-alkyl or cyclic N) is 1. The second kappa shape index (κ2) is 3.67. The van der Waals surface area contributed by atoms with E-state index in [0.717, 1.165) is 30.9 Å². The van der Waals surface area contributed by atoms with Crippen LogP contribution in [0.2, 0.25) is 0 Å². The fourth-order valence-corrected chi connectivity index (χ4v) is 4.23. The van der Waals surface area contributed by atoms with Crippen LogP contribution >= 0.6 is 11.8 Å². The molecule has 2 atom stereocenters. The summed E-state index contributed by atoms with van der Waals surface area (Å²) in [5, 5.41) is 20.1. The van der Waals surface area contributed by atoms with Crippen molar-refractivity contribution < 1.29 is 10.2 Å². The lowest BCUT2D eigenvalue weighted by Gasteiger charge is -2.40. The molecule has 14 heavy (non-hydrogen) atoms. The van der Waals surface area contributed by atoms with Gasteiger partial charge in [-0.2, -0.15) is 11.8 Å². The van der Waals surface area contributed by atoms with Crippen LogP contribution in [0.4, 0.5) is 0 Å². The Labute approximate surface area is 89.5 Å². The van der Waals surface area contributed by atoms with E-state index in [1.165, 1.54) is 0 Å². The lowest BCUT2D eigenvalue weighted by molar-refractivity contribution is -0.0860. The Bertz CT molecular complexity index is 218. The molecule has 2 heterocycles. The molecule has 4 heteroatoms. The molecule has 0 aliphatic carbocycles. The number of thioether (sulfide) groups is 1. The van der Waals surface area contributed by atoms with Crippen molar-refractivity contribution in [3.8, 4) is 0 Å². The molecule has 2 N–H and O–H groups in total. The molecule has 0 aromatic rings. The van der Waals surface area contributed by atoms with E-state index in [1.54, 1.807) is 0 Å². The Kier molecular flexibility index (Phi) is 2.81. The van der Waals surface area contributed by atoms with Gasteiger partial charge < -0.3 is 15.1 Å². The molecule has 2 aliphatic rings. The summed E-state index contributed by atoms with van der Waals surface area (Å²) in [6.07, 6.45) is 1.77. The first-order chi connectivity index (χ1) is 6.62. The third-order valence-electron chi connectivity index (χ3n) is 3.83. The SMILES string of the molecule is CN1CCC(O)(C2(CO)CCSC2)C1. The lowest BCUT2D eigenvalue weighted by atomic mass is 9.71. The molecular formula is C10H19NO2S. The van der Waals surface area contributed by atoms with E-state index in [9.17, 15) is 10.2 Å². The van der Waals surface area contributed by atoms with Gasteiger partial charge >= 0.3 is 0 Å². The van der Waals surface area contributed by atoms with Crippen molar-refractivity contribution in [1.29, 1.82) is 0 Å². The molecule has 0 saturated carbocycles. The monoisotopic (exact) mass is 217 g/mol. The van der Waals surface area contributed by atoms with Crippen LogP contribution < -0.4 is 0 Å². The second-order valence-electron chi connectivity index (χ2n) is 4.76. The van der Waals surface area contributed by atoms with E-state index >= 15 is 0 Å². The van der Waals surface area contributed by atoms with Gasteiger partial charge in [-0.3, -0.25) is 0 Å². The molecule has 0 spiro atoms. The molecule has 2 saturated heterocycles. The highest BCUT2D eigenvalue weighted by molar-refractivity contribution is 7.99. The van der Waals surface area contributed by atoms with Gasteiger partial charge in [0, 0.05) is 24.3 Å². The van der Waals surface area contributed by atoms with Crippen molar-refractivity contribution in [1.82, 2.24) is 4.90 Å². The minimum absolute atomic E-state index is 0.129. The van der Waals surface area contributed by atoms with E-state index in [2.05, 4.69) is 4.90 Å². The standard InChI is InChI=1S/C10H19NO2S/c1-11-4-2-10(13,6-11)9(7-12)3-5-14-8-9/h12-13H,2-8H2,1H3. The molecule has 2 aliphatic heterocycles. The molecule has 82 valence electrons. The first kappa shape index (κ1) is 10.7. The predicted molar refractivity (Wildman–Crippen MR) is 58.5 cm³/mol. The molecular weight excluding hydrogens is 198 g/mol. The maximum absolute atomic E-state index is 10.6. The van der Waals surface area contributed by atoms with Crippen LogP contribution in [-0.2, 0) is 0 Å². The summed E-state index contributed by atoms with van der Waals surface area (Å²) in [5.41, 5.74) is -0.886. The van der Waals surface area contributed by atoms with E-state index in [1.807, 2.05) is 18.8 Å². The first-order valence-corrected chi connectivity index (χ1v) is 6.37. The topological polar surface area (TPSA) is 43.7 Å². The summed E-state index contributed by atoms with van der Waals surface area (Å²) >= 11 is 1.85. The minimum Gasteiger partial charge on any atom is -0.396 e. The van der Waals surface area contributed by atoms with Gasteiger partial charge in [0.2, 0.25) is 0 Å². The zero-order valence-corrected chi connectivity index (χ0v) is 9.52. The maximum Gasteiger partial charge on any atom is 0.0872 e. The Hall–Kier alpha value is 0.230. The van der Waals surface area contributed by atoms with Gasteiger partial charge in [0.1, 0.15) is 0 Å². The van der Waals surface area contributed by atoms with Gasteiger partial charge in [-0.05, 0) is 25.6 Å². The zero-order chi connectivity index (χ0) is 10.2. The van der Waals surface area contributed by atoms with Gasteiger partial charge in [-0.1, -0.05) is 0 Å². The average Bonchev–Trinajstić information content (AvgIpc) is 2.74. The van der Waals surface area contributed by atoms with Crippen molar-refractivity contribution in [3.63, 3.8) is 0 Å². The Morgan fingerprint density at radius 2 is 2.21 bits per heavy atom. The molecule has 2 fully saturated rings. The summed E-state index contributed by atoms with van der Waals surface area (Å²) in [7, 11) is 2.03. The molecule has 2 unspecified atom stereocenters. The second-order valence-corrected chi connectivity index (χ2v) is 5.87. The van der Waals surface area contributed by atoms with E-state index < -0.39 is 5.60 Å². The minimum atomic E-state index is -0.653. The van der Waals surface area contributed by atoms with Crippen molar-refractivity contribution in [2.45, 2.75) is 18.4 Å². The van der Waals surface area contributed by atoms with Crippen LogP contribution in [0.1, 0.15) is 12.8 Å². The number of aliphatic hydroxyl groups is 2. The number of likely N-dealkylation sites (tertiary alicyclic amines) is 1. The molecule has 0 aromatic heterocycles. The summed E-state index contributed by atoms with van der Waals surface area (Å²) in [4.78, 5) is 2.15. The van der Waals surface area contributed by atoms with Gasteiger partial charge in [0.05, 0.1) is 12.2 Å². The normalized spacial score (nSPS) is 44.8. The Morgan fingerprint density at radius 3 is 2.64 bits per heavy atom. The smallest absolute Gasteiger partial charge is 0.0872 e. The number of likely N-dealkylation sites (N-methyl/N-ethyl adjacent to an activating group) is 1. The molecule has 3 nitrogen and oxygen atoms in total. The highest BCUT2D eigenvalue weighted by Gasteiger charge is 2.54. The van der Waals surface area contributed by atoms with Crippen LogP contribution in [-0.4, -0.2) is 59.0 Å². The van der Waals surface area contributed by atoms with Crippen LogP contribution in [0, 0.1) is 5.41 Å². The van der Waals surface area contributed by atoms with Crippen molar-refractivity contribution in [3.05, 3.63) is 0 Å². The van der Waals surface area contributed by atoms with Crippen molar-refractivity contribution in [2.24, 2.45) is 5.41 Å². The highest BCUT2D eigenvalue weighted by Crippen LogP contribution is 2.47. The number of rotatable bonds is 2. The summed E-state index contributed by atoms with van der Waals surface area (Å²) in [5.74, 6) is 1.99. The largest absolute Gasteiger partial charge is 0.396 e. The molecule has 0 radical (unpaired) electrons. The average molecular weight is 217 g/mol. The number of hydrogen-bond donors (Lipinski definition) is 2.